The molecule has 0 saturated heterocycles. The van der Waals surface area contributed by atoms with Crippen molar-refractivity contribution in [1.29, 1.82) is 0 Å². The number of anilines is 1. The molecule has 2 aromatic heterocycles. The highest BCUT2D eigenvalue weighted by atomic mass is 32.2. The molecule has 1 aliphatic rings. The van der Waals surface area contributed by atoms with Crippen LogP contribution in [0.25, 0.3) is 10.2 Å². The summed E-state index contributed by atoms with van der Waals surface area (Å²) in [4.78, 5) is 24.0. The highest BCUT2D eigenvalue weighted by Gasteiger charge is 2.23. The van der Waals surface area contributed by atoms with Crippen molar-refractivity contribution in [2.75, 3.05) is 25.3 Å². The van der Waals surface area contributed by atoms with Crippen molar-refractivity contribution in [3.05, 3.63) is 35.0 Å². The second-order valence-corrected chi connectivity index (χ2v) is 9.16. The van der Waals surface area contributed by atoms with E-state index in [1.54, 1.807) is 50.1 Å². The third-order valence-electron chi connectivity index (χ3n) is 5.08. The highest BCUT2D eigenvalue weighted by Crippen LogP contribution is 2.40. The van der Waals surface area contributed by atoms with E-state index in [1.807, 2.05) is 0 Å². The lowest BCUT2D eigenvalue weighted by molar-refractivity contribution is -0.113. The summed E-state index contributed by atoms with van der Waals surface area (Å²) in [5, 5.41) is 4.94. The Balaban J connectivity index is 1.49. The van der Waals surface area contributed by atoms with Crippen molar-refractivity contribution in [2.45, 2.75) is 31.2 Å². The summed E-state index contributed by atoms with van der Waals surface area (Å²) in [6.45, 7) is 2.30. The van der Waals surface area contributed by atoms with Gasteiger partial charge in [-0.15, -0.1) is 11.3 Å². The lowest BCUT2D eigenvalue weighted by atomic mass is 9.89. The molecule has 0 aliphatic heterocycles. The van der Waals surface area contributed by atoms with Gasteiger partial charge in [0.1, 0.15) is 27.7 Å². The number of aryl methyl sites for hydroxylation is 1. The third kappa shape index (κ3) is 4.18. The van der Waals surface area contributed by atoms with E-state index in [9.17, 15) is 4.79 Å². The molecule has 1 aromatic carbocycles. The van der Waals surface area contributed by atoms with Gasteiger partial charge in [0.15, 0.2) is 0 Å². The fraction of sp³-hybridized carbons (Fsp3) is 0.381. The van der Waals surface area contributed by atoms with Gasteiger partial charge in [0.2, 0.25) is 5.91 Å². The number of hydrogen-bond donors (Lipinski definition) is 1. The number of benzene rings is 1. The lowest BCUT2D eigenvalue weighted by Gasteiger charge is -2.18. The van der Waals surface area contributed by atoms with Crippen LogP contribution in [0.2, 0.25) is 0 Å². The molecule has 0 unspecified atom stereocenters. The predicted octanol–water partition coefficient (Wildman–Crippen LogP) is 4.56. The fourth-order valence-electron chi connectivity index (χ4n) is 3.58. The first-order chi connectivity index (χ1) is 14.1. The largest absolute Gasteiger partial charge is 0.497 e. The van der Waals surface area contributed by atoms with Crippen molar-refractivity contribution in [3.63, 3.8) is 0 Å². The number of carbonyl (C=O) groups excluding carboxylic acids is 1. The lowest BCUT2D eigenvalue weighted by Crippen LogP contribution is -2.15. The smallest absolute Gasteiger partial charge is 0.234 e. The molecular formula is C21H23N3O3S2. The van der Waals surface area contributed by atoms with E-state index < -0.39 is 0 Å². The standard InChI is InChI=1S/C21H23N3O3S2/c1-12-4-6-14-17(8-12)29-21-19(14)20(22-11-23-21)28-10-18(25)24-15-7-5-13(26-2)9-16(15)27-3/h5,7,9,11-12H,4,6,8,10H2,1-3H3,(H,24,25)/t12-/m1/s1. The van der Waals surface area contributed by atoms with Gasteiger partial charge in [-0.05, 0) is 42.9 Å². The minimum Gasteiger partial charge on any atom is -0.497 e. The number of amides is 1. The third-order valence-corrected chi connectivity index (χ3v) is 7.23. The average molecular weight is 430 g/mol. The van der Waals surface area contributed by atoms with Crippen molar-refractivity contribution < 1.29 is 14.3 Å². The molecule has 29 heavy (non-hydrogen) atoms. The number of hydrogen-bond acceptors (Lipinski definition) is 7. The summed E-state index contributed by atoms with van der Waals surface area (Å²) >= 11 is 3.22. The monoisotopic (exact) mass is 429 g/mol. The molecule has 1 amide bonds. The number of thiophene rings is 1. The molecular weight excluding hydrogens is 406 g/mol. The summed E-state index contributed by atoms with van der Waals surface area (Å²) in [6.07, 6.45) is 4.96. The van der Waals surface area contributed by atoms with Crippen LogP contribution in [0.5, 0.6) is 11.5 Å². The number of thioether (sulfide) groups is 1. The van der Waals surface area contributed by atoms with Gasteiger partial charge in [-0.25, -0.2) is 9.97 Å². The molecule has 4 rings (SSSR count). The zero-order chi connectivity index (χ0) is 20.4. The number of rotatable bonds is 6. The summed E-state index contributed by atoms with van der Waals surface area (Å²) in [5.41, 5.74) is 2.00. The van der Waals surface area contributed by atoms with E-state index in [2.05, 4.69) is 22.2 Å². The topological polar surface area (TPSA) is 73.3 Å². The van der Waals surface area contributed by atoms with E-state index >= 15 is 0 Å². The van der Waals surface area contributed by atoms with Crippen LogP contribution in [0.15, 0.2) is 29.6 Å². The van der Waals surface area contributed by atoms with E-state index in [1.165, 1.54) is 28.6 Å². The van der Waals surface area contributed by atoms with Crippen molar-refractivity contribution in [3.8, 4) is 11.5 Å². The molecule has 1 aliphatic carbocycles. The van der Waals surface area contributed by atoms with Crippen LogP contribution in [-0.2, 0) is 17.6 Å². The van der Waals surface area contributed by atoms with Crippen molar-refractivity contribution in [1.82, 2.24) is 9.97 Å². The zero-order valence-corrected chi connectivity index (χ0v) is 18.3. The van der Waals surface area contributed by atoms with E-state index in [0.29, 0.717) is 23.1 Å². The first kappa shape index (κ1) is 20.0. The molecule has 152 valence electrons. The number of methoxy groups -OCH3 is 2. The molecule has 3 aromatic rings. The number of nitrogens with one attached hydrogen (secondary N) is 1. The Morgan fingerprint density at radius 1 is 1.31 bits per heavy atom. The van der Waals surface area contributed by atoms with E-state index in [-0.39, 0.29) is 11.7 Å². The Bertz CT molecular complexity index is 1050. The second-order valence-electron chi connectivity index (χ2n) is 7.11. The van der Waals surface area contributed by atoms with Gasteiger partial charge in [0.05, 0.1) is 25.7 Å². The minimum atomic E-state index is -0.108. The molecule has 8 heteroatoms. The molecule has 1 N–H and O–H groups in total. The van der Waals surface area contributed by atoms with Gasteiger partial charge in [-0.1, -0.05) is 18.7 Å². The average Bonchev–Trinajstić information content (AvgIpc) is 3.10. The maximum atomic E-state index is 12.6. The molecule has 0 saturated carbocycles. The Hall–Kier alpha value is -2.32. The van der Waals surface area contributed by atoms with Crippen LogP contribution in [0.3, 0.4) is 0 Å². The van der Waals surface area contributed by atoms with E-state index in [4.69, 9.17) is 9.47 Å². The van der Waals surface area contributed by atoms with Crippen LogP contribution in [0.1, 0.15) is 23.8 Å². The van der Waals surface area contributed by atoms with Crippen LogP contribution in [-0.4, -0.2) is 35.8 Å². The SMILES string of the molecule is COc1ccc(NC(=O)CSc2ncnc3sc4c(c23)CC[C@@H](C)C4)c(OC)c1. The van der Waals surface area contributed by atoms with Crippen molar-refractivity contribution >= 4 is 44.9 Å². The van der Waals surface area contributed by atoms with Crippen molar-refractivity contribution in [2.24, 2.45) is 5.92 Å². The highest BCUT2D eigenvalue weighted by molar-refractivity contribution is 8.00. The van der Waals surface area contributed by atoms with Crippen LogP contribution >= 0.6 is 23.1 Å². The first-order valence-electron chi connectivity index (χ1n) is 9.49. The van der Waals surface area contributed by atoms with Crippen LogP contribution < -0.4 is 14.8 Å². The number of aromatic nitrogens is 2. The summed E-state index contributed by atoms with van der Waals surface area (Å²) < 4.78 is 10.5. The Labute approximate surface area is 178 Å². The van der Waals surface area contributed by atoms with Gasteiger partial charge >= 0.3 is 0 Å². The summed E-state index contributed by atoms with van der Waals surface area (Å²) in [5.74, 6) is 2.11. The Morgan fingerprint density at radius 3 is 2.97 bits per heavy atom. The number of carbonyl (C=O) groups is 1. The maximum Gasteiger partial charge on any atom is 0.234 e. The first-order valence-corrected chi connectivity index (χ1v) is 11.3. The number of ether oxygens (including phenoxy) is 2. The normalized spacial score (nSPS) is 15.8. The fourth-order valence-corrected chi connectivity index (χ4v) is 5.82. The molecule has 1 atom stereocenters. The molecule has 0 bridgehead atoms. The molecule has 0 fully saturated rings. The summed E-state index contributed by atoms with van der Waals surface area (Å²) in [7, 11) is 3.16. The minimum absolute atomic E-state index is 0.108. The van der Waals surface area contributed by atoms with Gasteiger partial charge in [0.25, 0.3) is 0 Å². The molecule has 6 nitrogen and oxygen atoms in total. The number of fused-ring (bicyclic) bond motifs is 3. The Morgan fingerprint density at radius 2 is 2.17 bits per heavy atom. The van der Waals surface area contributed by atoms with Gasteiger partial charge < -0.3 is 14.8 Å². The van der Waals surface area contributed by atoms with E-state index in [0.717, 1.165) is 28.1 Å². The summed E-state index contributed by atoms with van der Waals surface area (Å²) in [6, 6.07) is 5.31. The van der Waals surface area contributed by atoms with Gasteiger partial charge in [0, 0.05) is 16.3 Å². The Kier molecular flexibility index (Phi) is 5.91. The van der Waals surface area contributed by atoms with Crippen LogP contribution in [0.4, 0.5) is 5.69 Å². The van der Waals surface area contributed by atoms with Crippen LogP contribution in [0, 0.1) is 5.92 Å². The molecule has 2 heterocycles. The van der Waals surface area contributed by atoms with Gasteiger partial charge in [-0.3, -0.25) is 4.79 Å². The second kappa shape index (κ2) is 8.59. The zero-order valence-electron chi connectivity index (χ0n) is 16.7. The molecule has 0 spiro atoms. The quantitative estimate of drug-likeness (QED) is 0.457. The molecule has 0 radical (unpaired) electrons. The predicted molar refractivity (Wildman–Crippen MR) is 118 cm³/mol. The van der Waals surface area contributed by atoms with Gasteiger partial charge in [-0.2, -0.15) is 0 Å². The number of nitrogens with zero attached hydrogens (tertiary/aromatic N) is 2. The maximum absolute atomic E-state index is 12.6.